The van der Waals surface area contributed by atoms with Gasteiger partial charge in [-0.15, -0.1) is 0 Å². The highest BCUT2D eigenvalue weighted by Crippen LogP contribution is 2.39. The topological polar surface area (TPSA) is 70.7 Å². The molecule has 0 bridgehead atoms. The van der Waals surface area contributed by atoms with Crippen LogP contribution >= 0.6 is 11.6 Å². The molecule has 0 aliphatic heterocycles. The molecule has 0 saturated heterocycles. The Morgan fingerprint density at radius 2 is 2.00 bits per heavy atom. The van der Waals surface area contributed by atoms with Crippen LogP contribution in [0.1, 0.15) is 36.9 Å². The first kappa shape index (κ1) is 19.2. The zero-order valence-electron chi connectivity index (χ0n) is 14.4. The quantitative estimate of drug-likeness (QED) is 0.804. The molecule has 5 nitrogen and oxygen atoms in total. The molecule has 9 heteroatoms. The molecule has 1 heterocycles. The average molecular weight is 397 g/mol. The van der Waals surface area contributed by atoms with Gasteiger partial charge in [-0.3, -0.25) is 4.79 Å². The van der Waals surface area contributed by atoms with Crippen molar-refractivity contribution in [1.29, 1.82) is 5.26 Å². The van der Waals surface area contributed by atoms with E-state index in [1.165, 1.54) is 6.07 Å². The number of nitriles is 1. The van der Waals surface area contributed by atoms with Crippen molar-refractivity contribution in [3.05, 3.63) is 40.5 Å². The SMILES string of the molecule is Cc1cc(NC(=O)C2(C#N)CCCC2)n(-c2cc(C(F)(F)F)ccc2Cl)n1. The number of aryl methyl sites for hydroxylation is 1. The van der Waals surface area contributed by atoms with Gasteiger partial charge < -0.3 is 5.32 Å². The van der Waals surface area contributed by atoms with Crippen LogP contribution in [0.15, 0.2) is 24.3 Å². The molecule has 1 N–H and O–H groups in total. The fourth-order valence-electron chi connectivity index (χ4n) is 3.23. The van der Waals surface area contributed by atoms with Crippen molar-refractivity contribution < 1.29 is 18.0 Å². The summed E-state index contributed by atoms with van der Waals surface area (Å²) in [6.45, 7) is 1.64. The van der Waals surface area contributed by atoms with Crippen molar-refractivity contribution in [3.63, 3.8) is 0 Å². The van der Waals surface area contributed by atoms with Gasteiger partial charge >= 0.3 is 6.18 Å². The van der Waals surface area contributed by atoms with Gasteiger partial charge in [0.1, 0.15) is 11.2 Å². The van der Waals surface area contributed by atoms with E-state index in [1.54, 1.807) is 6.92 Å². The minimum absolute atomic E-state index is 0.00711. The average Bonchev–Trinajstić information content (AvgIpc) is 3.21. The number of halogens is 4. The molecule has 3 rings (SSSR count). The van der Waals surface area contributed by atoms with Crippen LogP contribution in [0.25, 0.3) is 5.69 Å². The van der Waals surface area contributed by atoms with Crippen LogP contribution in [0.3, 0.4) is 0 Å². The lowest BCUT2D eigenvalue weighted by atomic mass is 9.87. The maximum atomic E-state index is 13.1. The van der Waals surface area contributed by atoms with Gasteiger partial charge in [0.15, 0.2) is 0 Å². The lowest BCUT2D eigenvalue weighted by molar-refractivity contribution is -0.137. The monoisotopic (exact) mass is 396 g/mol. The van der Waals surface area contributed by atoms with E-state index < -0.39 is 23.1 Å². The fourth-order valence-corrected chi connectivity index (χ4v) is 3.43. The lowest BCUT2D eigenvalue weighted by Crippen LogP contribution is -2.33. The number of amides is 1. The van der Waals surface area contributed by atoms with Crippen LogP contribution < -0.4 is 5.32 Å². The molecule has 1 aromatic heterocycles. The third kappa shape index (κ3) is 3.65. The molecule has 0 radical (unpaired) electrons. The molecule has 0 spiro atoms. The van der Waals surface area contributed by atoms with Crippen molar-refractivity contribution >= 4 is 23.3 Å². The fraction of sp³-hybridized carbons (Fsp3) is 0.389. The normalized spacial score (nSPS) is 16.1. The number of nitrogens with zero attached hydrogens (tertiary/aromatic N) is 3. The Hall–Kier alpha value is -2.53. The highest BCUT2D eigenvalue weighted by atomic mass is 35.5. The Labute approximate surface area is 158 Å². The number of rotatable bonds is 3. The minimum Gasteiger partial charge on any atom is -0.309 e. The number of nitrogens with one attached hydrogen (secondary N) is 1. The largest absolute Gasteiger partial charge is 0.416 e. The van der Waals surface area contributed by atoms with Crippen LogP contribution in [0, 0.1) is 23.7 Å². The van der Waals surface area contributed by atoms with E-state index in [0.29, 0.717) is 18.5 Å². The molecule has 1 amide bonds. The first-order valence-corrected chi connectivity index (χ1v) is 8.70. The Bertz CT molecular complexity index is 924. The first-order chi connectivity index (χ1) is 12.7. The van der Waals surface area contributed by atoms with Crippen molar-refractivity contribution in [2.45, 2.75) is 38.8 Å². The summed E-state index contributed by atoms with van der Waals surface area (Å²) < 4.78 is 40.3. The number of benzene rings is 1. The predicted molar refractivity (Wildman–Crippen MR) is 93.5 cm³/mol. The standard InChI is InChI=1S/C18H16ClF3N4O/c1-11-8-15(24-16(27)17(10-23)6-2-3-7-17)26(25-11)14-9-12(18(20,21)22)4-5-13(14)19/h4-5,8-9H,2-3,6-7H2,1H3,(H,24,27). The molecule has 142 valence electrons. The smallest absolute Gasteiger partial charge is 0.309 e. The summed E-state index contributed by atoms with van der Waals surface area (Å²) in [4.78, 5) is 12.7. The predicted octanol–water partition coefficient (Wildman–Crippen LogP) is 4.88. The zero-order valence-corrected chi connectivity index (χ0v) is 15.2. The maximum absolute atomic E-state index is 13.1. The van der Waals surface area contributed by atoms with E-state index in [1.807, 2.05) is 0 Å². The minimum atomic E-state index is -4.54. The van der Waals surface area contributed by atoms with Gasteiger partial charge in [-0.2, -0.15) is 23.5 Å². The Morgan fingerprint density at radius 3 is 2.59 bits per heavy atom. The molecule has 0 unspecified atom stereocenters. The highest BCUT2D eigenvalue weighted by molar-refractivity contribution is 6.32. The number of carbonyl (C=O) groups is 1. The molecule has 1 fully saturated rings. The van der Waals surface area contributed by atoms with E-state index in [2.05, 4.69) is 16.5 Å². The molecular formula is C18H16ClF3N4O. The highest BCUT2D eigenvalue weighted by Gasteiger charge is 2.42. The molecule has 1 aromatic carbocycles. The van der Waals surface area contributed by atoms with E-state index in [9.17, 15) is 23.2 Å². The van der Waals surface area contributed by atoms with E-state index in [-0.39, 0.29) is 16.5 Å². The van der Waals surface area contributed by atoms with Crippen LogP contribution in [0.2, 0.25) is 5.02 Å². The molecule has 1 aliphatic rings. The molecular weight excluding hydrogens is 381 g/mol. The summed E-state index contributed by atoms with van der Waals surface area (Å²) in [7, 11) is 0. The third-order valence-electron chi connectivity index (χ3n) is 4.68. The summed E-state index contributed by atoms with van der Waals surface area (Å²) in [5, 5.41) is 16.3. The molecule has 0 atom stereocenters. The summed E-state index contributed by atoms with van der Waals surface area (Å²) in [5.74, 6) is -0.313. The maximum Gasteiger partial charge on any atom is 0.416 e. The zero-order chi connectivity index (χ0) is 19.8. The second kappa shape index (κ2) is 6.89. The summed E-state index contributed by atoms with van der Waals surface area (Å²) in [5.41, 5.74) is -1.53. The van der Waals surface area contributed by atoms with E-state index in [0.717, 1.165) is 35.7 Å². The van der Waals surface area contributed by atoms with Crippen LogP contribution in [0.4, 0.5) is 19.0 Å². The van der Waals surface area contributed by atoms with Crippen LogP contribution in [-0.2, 0) is 11.0 Å². The molecule has 27 heavy (non-hydrogen) atoms. The number of hydrogen-bond acceptors (Lipinski definition) is 3. The van der Waals surface area contributed by atoms with Crippen molar-refractivity contribution in [3.8, 4) is 11.8 Å². The summed E-state index contributed by atoms with van der Waals surface area (Å²) in [6.07, 6.45) is -2.09. The van der Waals surface area contributed by atoms with Gasteiger partial charge in [-0.05, 0) is 38.0 Å². The van der Waals surface area contributed by atoms with Crippen molar-refractivity contribution in [1.82, 2.24) is 9.78 Å². The Morgan fingerprint density at radius 1 is 1.33 bits per heavy atom. The van der Waals surface area contributed by atoms with Crippen molar-refractivity contribution in [2.75, 3.05) is 5.32 Å². The Kier molecular flexibility index (Phi) is 4.91. The summed E-state index contributed by atoms with van der Waals surface area (Å²) >= 11 is 6.09. The molecule has 2 aromatic rings. The number of hydrogen-bond donors (Lipinski definition) is 1. The van der Waals surface area contributed by atoms with Gasteiger partial charge in [-0.1, -0.05) is 24.4 Å². The van der Waals surface area contributed by atoms with Gasteiger partial charge in [0.25, 0.3) is 0 Å². The van der Waals surface area contributed by atoms with E-state index in [4.69, 9.17) is 11.6 Å². The second-order valence-electron chi connectivity index (χ2n) is 6.60. The van der Waals surface area contributed by atoms with E-state index >= 15 is 0 Å². The van der Waals surface area contributed by atoms with Crippen LogP contribution in [-0.4, -0.2) is 15.7 Å². The number of aromatic nitrogens is 2. The molecule has 1 saturated carbocycles. The Balaban J connectivity index is 2.00. The number of carbonyl (C=O) groups excluding carboxylic acids is 1. The van der Waals surface area contributed by atoms with Crippen LogP contribution in [0.5, 0.6) is 0 Å². The van der Waals surface area contributed by atoms with Gasteiger partial charge in [-0.25, -0.2) is 4.68 Å². The second-order valence-corrected chi connectivity index (χ2v) is 7.01. The first-order valence-electron chi connectivity index (χ1n) is 8.33. The van der Waals surface area contributed by atoms with Crippen molar-refractivity contribution in [2.24, 2.45) is 5.41 Å². The lowest BCUT2D eigenvalue weighted by Gasteiger charge is -2.20. The number of alkyl halides is 3. The van der Waals surface area contributed by atoms with Gasteiger partial charge in [0.05, 0.1) is 28.0 Å². The molecule has 1 aliphatic carbocycles. The van der Waals surface area contributed by atoms with Gasteiger partial charge in [0.2, 0.25) is 5.91 Å². The van der Waals surface area contributed by atoms with Gasteiger partial charge in [0, 0.05) is 6.07 Å². The summed E-state index contributed by atoms with van der Waals surface area (Å²) in [6, 6.07) is 6.50. The third-order valence-corrected chi connectivity index (χ3v) is 5.00. The number of anilines is 1.